The summed E-state index contributed by atoms with van der Waals surface area (Å²) >= 11 is 0. The lowest BCUT2D eigenvalue weighted by molar-refractivity contribution is -0.136. The van der Waals surface area contributed by atoms with Gasteiger partial charge in [0.25, 0.3) is 6.43 Å². The van der Waals surface area contributed by atoms with Gasteiger partial charge in [-0.05, 0) is 0 Å². The quantitative estimate of drug-likeness (QED) is 0.677. The van der Waals surface area contributed by atoms with Gasteiger partial charge in [-0.15, -0.1) is 0 Å². The molecular formula is C11H16F2N4O2. The smallest absolute Gasteiger partial charge is 0.255 e. The number of hydrogen-bond donors (Lipinski definition) is 3. The second-order valence-corrected chi connectivity index (χ2v) is 4.36. The van der Waals surface area contributed by atoms with Gasteiger partial charge in [0.2, 0.25) is 5.91 Å². The molecule has 1 aromatic rings. The number of alkyl halides is 2. The normalized spacial score (nSPS) is 18.4. The molecule has 1 aliphatic heterocycles. The molecule has 1 amide bonds. The van der Waals surface area contributed by atoms with E-state index in [-0.39, 0.29) is 13.2 Å². The molecule has 0 aromatic carbocycles. The number of carbonyl (C=O) groups is 1. The number of H-pyrrole nitrogens is 1. The van der Waals surface area contributed by atoms with Crippen LogP contribution in [0.3, 0.4) is 0 Å². The summed E-state index contributed by atoms with van der Waals surface area (Å²) in [5, 5.41) is 11.8. The number of rotatable bonds is 5. The van der Waals surface area contributed by atoms with E-state index in [0.29, 0.717) is 13.0 Å². The first-order chi connectivity index (χ1) is 9.11. The Labute approximate surface area is 108 Å². The number of aromatic nitrogens is 2. The Morgan fingerprint density at radius 2 is 2.42 bits per heavy atom. The summed E-state index contributed by atoms with van der Waals surface area (Å²) in [6.07, 6.45) is -0.702. The molecule has 1 unspecified atom stereocenters. The van der Waals surface area contributed by atoms with Crippen LogP contribution in [0.2, 0.25) is 0 Å². The Bertz CT molecular complexity index is 438. The Morgan fingerprint density at radius 3 is 3.11 bits per heavy atom. The van der Waals surface area contributed by atoms with E-state index in [1.54, 1.807) is 6.33 Å². The van der Waals surface area contributed by atoms with E-state index in [1.807, 2.05) is 0 Å². The van der Waals surface area contributed by atoms with Crippen LogP contribution in [0.4, 0.5) is 8.78 Å². The number of carbonyl (C=O) groups excluding carboxylic acids is 1. The Hall–Kier alpha value is -1.54. The molecular weight excluding hydrogens is 258 g/mol. The summed E-state index contributed by atoms with van der Waals surface area (Å²) in [6.45, 7) is -0.633. The SMILES string of the molecule is O=C(C1Cc2nc[nH]c2CN1)N(CCO)CC(F)F. The zero-order valence-electron chi connectivity index (χ0n) is 10.3. The molecule has 0 bridgehead atoms. The van der Waals surface area contributed by atoms with Gasteiger partial charge in [-0.3, -0.25) is 10.1 Å². The van der Waals surface area contributed by atoms with Gasteiger partial charge in [0.05, 0.1) is 36.9 Å². The number of imidazole rings is 1. The predicted octanol–water partition coefficient (Wildman–Crippen LogP) is -0.490. The summed E-state index contributed by atoms with van der Waals surface area (Å²) in [6, 6.07) is -0.568. The molecule has 2 heterocycles. The molecule has 2 rings (SSSR count). The van der Waals surface area contributed by atoms with Crippen molar-refractivity contribution >= 4 is 5.91 Å². The number of amides is 1. The van der Waals surface area contributed by atoms with E-state index in [0.717, 1.165) is 16.3 Å². The highest BCUT2D eigenvalue weighted by atomic mass is 19.3. The van der Waals surface area contributed by atoms with Gasteiger partial charge in [0.1, 0.15) is 0 Å². The summed E-state index contributed by atoms with van der Waals surface area (Å²) < 4.78 is 24.8. The van der Waals surface area contributed by atoms with Crippen LogP contribution in [0.25, 0.3) is 0 Å². The summed E-state index contributed by atoms with van der Waals surface area (Å²) in [5.41, 5.74) is 1.68. The van der Waals surface area contributed by atoms with Gasteiger partial charge in [-0.25, -0.2) is 13.8 Å². The van der Waals surface area contributed by atoms with Crippen LogP contribution in [0, 0.1) is 0 Å². The molecule has 8 heteroatoms. The lowest BCUT2D eigenvalue weighted by atomic mass is 10.0. The maximum absolute atomic E-state index is 12.4. The van der Waals surface area contributed by atoms with Crippen LogP contribution in [0.1, 0.15) is 11.4 Å². The molecule has 1 aliphatic rings. The van der Waals surface area contributed by atoms with Gasteiger partial charge >= 0.3 is 0 Å². The van der Waals surface area contributed by atoms with Crippen molar-refractivity contribution in [2.75, 3.05) is 19.7 Å². The Morgan fingerprint density at radius 1 is 1.63 bits per heavy atom. The van der Waals surface area contributed by atoms with Gasteiger partial charge in [0, 0.05) is 19.5 Å². The molecule has 0 aliphatic carbocycles. The van der Waals surface area contributed by atoms with Crippen LogP contribution >= 0.6 is 0 Å². The van der Waals surface area contributed by atoms with Crippen LogP contribution in [-0.4, -0.2) is 58.0 Å². The average molecular weight is 274 g/mol. The van der Waals surface area contributed by atoms with Crippen molar-refractivity contribution in [1.29, 1.82) is 0 Å². The fourth-order valence-electron chi connectivity index (χ4n) is 2.14. The zero-order valence-corrected chi connectivity index (χ0v) is 10.3. The monoisotopic (exact) mass is 274 g/mol. The largest absolute Gasteiger partial charge is 0.395 e. The number of nitrogens with zero attached hydrogens (tertiary/aromatic N) is 2. The van der Waals surface area contributed by atoms with Crippen molar-refractivity contribution in [1.82, 2.24) is 20.2 Å². The molecule has 0 saturated carbocycles. The molecule has 0 saturated heterocycles. The van der Waals surface area contributed by atoms with E-state index < -0.39 is 24.9 Å². The van der Waals surface area contributed by atoms with Crippen LogP contribution in [0.15, 0.2) is 6.33 Å². The molecule has 3 N–H and O–H groups in total. The molecule has 0 fully saturated rings. The van der Waals surface area contributed by atoms with Crippen molar-refractivity contribution in [3.63, 3.8) is 0 Å². The third-order valence-electron chi connectivity index (χ3n) is 3.07. The third-order valence-corrected chi connectivity index (χ3v) is 3.07. The zero-order chi connectivity index (χ0) is 13.8. The molecule has 1 atom stereocenters. The molecule has 6 nitrogen and oxygen atoms in total. The highest BCUT2D eigenvalue weighted by Crippen LogP contribution is 2.14. The van der Waals surface area contributed by atoms with Gasteiger partial charge in [-0.1, -0.05) is 0 Å². The number of hydrogen-bond acceptors (Lipinski definition) is 4. The topological polar surface area (TPSA) is 81.2 Å². The molecule has 1 aromatic heterocycles. The highest BCUT2D eigenvalue weighted by Gasteiger charge is 2.30. The second kappa shape index (κ2) is 6.07. The van der Waals surface area contributed by atoms with Crippen molar-refractivity contribution in [2.24, 2.45) is 0 Å². The number of nitrogens with one attached hydrogen (secondary N) is 2. The fourth-order valence-corrected chi connectivity index (χ4v) is 2.14. The first-order valence-electron chi connectivity index (χ1n) is 6.04. The van der Waals surface area contributed by atoms with Crippen LogP contribution in [0.5, 0.6) is 0 Å². The number of aliphatic hydroxyl groups excluding tert-OH is 1. The molecule has 106 valence electrons. The summed E-state index contributed by atoms with van der Waals surface area (Å²) in [5.74, 6) is -0.428. The molecule has 0 spiro atoms. The van der Waals surface area contributed by atoms with E-state index in [2.05, 4.69) is 15.3 Å². The highest BCUT2D eigenvalue weighted by molar-refractivity contribution is 5.82. The standard InChI is InChI=1S/C11H16F2N4O2/c12-10(13)5-17(1-2-18)11(19)8-3-7-9(4-14-8)16-6-15-7/h6,8,10,14,18H,1-5H2,(H,15,16). The first kappa shape index (κ1) is 13.9. The maximum Gasteiger partial charge on any atom is 0.255 e. The first-order valence-corrected chi connectivity index (χ1v) is 6.04. The van der Waals surface area contributed by atoms with Crippen LogP contribution < -0.4 is 5.32 Å². The Kier molecular flexibility index (Phi) is 4.43. The minimum Gasteiger partial charge on any atom is -0.395 e. The summed E-state index contributed by atoms with van der Waals surface area (Å²) in [4.78, 5) is 20.2. The second-order valence-electron chi connectivity index (χ2n) is 4.36. The maximum atomic E-state index is 12.4. The lowest BCUT2D eigenvalue weighted by Gasteiger charge is -2.29. The number of aliphatic hydroxyl groups is 1. The number of halogens is 2. The van der Waals surface area contributed by atoms with Crippen molar-refractivity contribution < 1.29 is 18.7 Å². The van der Waals surface area contributed by atoms with E-state index in [1.165, 1.54) is 0 Å². The van der Waals surface area contributed by atoms with Gasteiger partial charge in [-0.2, -0.15) is 0 Å². The van der Waals surface area contributed by atoms with Gasteiger partial charge in [0.15, 0.2) is 0 Å². The predicted molar refractivity (Wildman–Crippen MR) is 62.6 cm³/mol. The Balaban J connectivity index is 2.02. The number of aromatic amines is 1. The van der Waals surface area contributed by atoms with E-state index >= 15 is 0 Å². The molecule has 0 radical (unpaired) electrons. The van der Waals surface area contributed by atoms with Crippen molar-refractivity contribution in [3.05, 3.63) is 17.7 Å². The van der Waals surface area contributed by atoms with Crippen molar-refractivity contribution in [3.8, 4) is 0 Å². The minimum atomic E-state index is -2.61. The summed E-state index contributed by atoms with van der Waals surface area (Å²) in [7, 11) is 0. The van der Waals surface area contributed by atoms with E-state index in [4.69, 9.17) is 5.11 Å². The minimum absolute atomic E-state index is 0.0885. The molecule has 19 heavy (non-hydrogen) atoms. The van der Waals surface area contributed by atoms with Gasteiger partial charge < -0.3 is 15.0 Å². The lowest BCUT2D eigenvalue weighted by Crippen LogP contribution is -2.51. The number of fused-ring (bicyclic) bond motifs is 1. The third kappa shape index (κ3) is 3.27. The fraction of sp³-hybridized carbons (Fsp3) is 0.636. The van der Waals surface area contributed by atoms with Crippen LogP contribution in [-0.2, 0) is 17.8 Å². The van der Waals surface area contributed by atoms with Crippen molar-refractivity contribution in [2.45, 2.75) is 25.4 Å². The van der Waals surface area contributed by atoms with E-state index in [9.17, 15) is 13.6 Å². The average Bonchev–Trinajstić information content (AvgIpc) is 2.84.